The smallest absolute Gasteiger partial charge is 0.174 e. The lowest BCUT2D eigenvalue weighted by Gasteiger charge is -2.22. The van der Waals surface area contributed by atoms with Gasteiger partial charge in [0.15, 0.2) is 7.14 Å². The first-order valence-electron chi connectivity index (χ1n) is 14.9. The Balaban J connectivity index is 0.000000263. The molecular weight excluding hydrogens is 571 g/mol. The first-order chi connectivity index (χ1) is 21.9. The van der Waals surface area contributed by atoms with Crippen LogP contribution in [0.2, 0.25) is 0 Å². The molecule has 0 fully saturated rings. The Bertz CT molecular complexity index is 1620. The lowest BCUT2D eigenvalue weighted by Crippen LogP contribution is -2.25. The first kappa shape index (κ1) is 34.8. The van der Waals surface area contributed by atoms with Gasteiger partial charge in [0.05, 0.1) is 5.30 Å². The monoisotopic (exact) mass is 614 g/mol. The summed E-state index contributed by atoms with van der Waals surface area (Å²) in [6, 6.07) is 55.3. The third-order valence-corrected chi connectivity index (χ3v) is 9.74. The third kappa shape index (κ3) is 10.8. The van der Waals surface area contributed by atoms with E-state index < -0.39 is 7.14 Å². The molecule has 230 valence electrons. The van der Waals surface area contributed by atoms with Gasteiger partial charge < -0.3 is 14.0 Å². The highest BCUT2D eigenvalue weighted by Gasteiger charge is 2.32. The van der Waals surface area contributed by atoms with Crippen molar-refractivity contribution in [2.45, 2.75) is 20.8 Å². The largest absolute Gasteiger partial charge is 0.456 e. The van der Waals surface area contributed by atoms with E-state index in [2.05, 4.69) is 42.8 Å². The second-order valence-corrected chi connectivity index (χ2v) is 13.1. The SMILES string of the molecule is COC.Cc1ccccc1.Cc1ccccc1.Cc1ccccc1Oc1ccccc1P(=O)(c1ccccc1)c1ccccc1. The zero-order chi connectivity index (χ0) is 32.3. The van der Waals surface area contributed by atoms with Gasteiger partial charge in [0, 0.05) is 24.8 Å². The molecule has 0 bridgehead atoms. The molecule has 0 heterocycles. The predicted octanol–water partition coefficient (Wildman–Crippen LogP) is 9.68. The molecule has 45 heavy (non-hydrogen) atoms. The standard InChI is InChI=1S/C25H21O2P.2C7H8.C2H6O/c1-20-12-8-9-17-23(20)27-24-18-10-11-19-25(24)28(26,21-13-4-2-5-14-21)22-15-6-3-7-16-22;2*1-7-5-3-2-4-6-7;1-3-2/h2-19H,1H3;2*2-6H,1H3;1-2H3. The van der Waals surface area contributed by atoms with Gasteiger partial charge in [-0.25, -0.2) is 0 Å². The van der Waals surface area contributed by atoms with Gasteiger partial charge in [-0.3, -0.25) is 0 Å². The van der Waals surface area contributed by atoms with Crippen LogP contribution in [0.3, 0.4) is 0 Å². The topological polar surface area (TPSA) is 35.5 Å². The van der Waals surface area contributed by atoms with Gasteiger partial charge in [0.25, 0.3) is 0 Å². The van der Waals surface area contributed by atoms with Crippen molar-refractivity contribution in [2.24, 2.45) is 0 Å². The minimum absolute atomic E-state index is 0.618. The number of methoxy groups -OCH3 is 1. The Morgan fingerprint density at radius 1 is 0.422 bits per heavy atom. The van der Waals surface area contributed by atoms with Gasteiger partial charge in [-0.05, 0) is 44.5 Å². The maximum Gasteiger partial charge on any atom is 0.174 e. The van der Waals surface area contributed by atoms with Crippen molar-refractivity contribution in [1.82, 2.24) is 0 Å². The highest BCUT2D eigenvalue weighted by Crippen LogP contribution is 2.45. The van der Waals surface area contributed by atoms with E-state index in [1.165, 1.54) is 11.1 Å². The lowest BCUT2D eigenvalue weighted by molar-refractivity contribution is 0.277. The third-order valence-electron chi connectivity index (χ3n) is 6.64. The number of rotatable bonds is 5. The zero-order valence-corrected chi connectivity index (χ0v) is 27.7. The molecule has 0 aromatic heterocycles. The van der Waals surface area contributed by atoms with E-state index in [0.29, 0.717) is 11.1 Å². The molecule has 0 aliphatic carbocycles. The summed E-state index contributed by atoms with van der Waals surface area (Å²) < 4.78 is 25.1. The van der Waals surface area contributed by atoms with E-state index in [9.17, 15) is 4.57 Å². The number of para-hydroxylation sites is 2. The Morgan fingerprint density at radius 3 is 1.13 bits per heavy atom. The van der Waals surface area contributed by atoms with Crippen molar-refractivity contribution in [2.75, 3.05) is 14.2 Å². The van der Waals surface area contributed by atoms with Gasteiger partial charge in [-0.15, -0.1) is 0 Å². The molecule has 0 saturated heterocycles. The molecule has 0 unspecified atom stereocenters. The average Bonchev–Trinajstić information content (AvgIpc) is 3.08. The molecule has 6 rings (SSSR count). The quantitative estimate of drug-likeness (QED) is 0.181. The Kier molecular flexibility index (Phi) is 14.6. The van der Waals surface area contributed by atoms with E-state index in [1.54, 1.807) is 14.2 Å². The van der Waals surface area contributed by atoms with Gasteiger partial charge in [0.1, 0.15) is 11.5 Å². The van der Waals surface area contributed by atoms with Crippen molar-refractivity contribution in [1.29, 1.82) is 0 Å². The van der Waals surface area contributed by atoms with Crippen molar-refractivity contribution in [3.63, 3.8) is 0 Å². The molecule has 6 aromatic carbocycles. The van der Waals surface area contributed by atoms with Crippen LogP contribution in [0.25, 0.3) is 0 Å². The Hall–Kier alpha value is -4.69. The fourth-order valence-corrected chi connectivity index (χ4v) is 7.13. The summed E-state index contributed by atoms with van der Waals surface area (Å²) >= 11 is 0. The highest BCUT2D eigenvalue weighted by atomic mass is 31.2. The normalized spacial score (nSPS) is 10.1. The summed E-state index contributed by atoms with van der Waals surface area (Å²) in [6.45, 7) is 6.17. The van der Waals surface area contributed by atoms with E-state index in [1.807, 2.05) is 153 Å². The summed E-state index contributed by atoms with van der Waals surface area (Å²) in [4.78, 5) is 0. The fourth-order valence-electron chi connectivity index (χ4n) is 4.36. The molecule has 3 nitrogen and oxygen atoms in total. The molecular formula is C41H43O3P. The molecule has 0 N–H and O–H groups in total. The Morgan fingerprint density at radius 2 is 0.756 bits per heavy atom. The molecule has 0 saturated carbocycles. The summed E-state index contributed by atoms with van der Waals surface area (Å²) in [5, 5.41) is 2.29. The van der Waals surface area contributed by atoms with Crippen molar-refractivity contribution in [3.05, 3.63) is 187 Å². The minimum Gasteiger partial charge on any atom is -0.456 e. The van der Waals surface area contributed by atoms with E-state index in [4.69, 9.17) is 4.74 Å². The van der Waals surface area contributed by atoms with Crippen LogP contribution in [0.4, 0.5) is 0 Å². The maximum absolute atomic E-state index is 14.6. The van der Waals surface area contributed by atoms with Crippen LogP contribution in [-0.4, -0.2) is 14.2 Å². The number of aryl methyl sites for hydroxylation is 3. The number of ether oxygens (including phenoxy) is 2. The average molecular weight is 615 g/mol. The van der Waals surface area contributed by atoms with Gasteiger partial charge in [-0.1, -0.05) is 163 Å². The predicted molar refractivity (Wildman–Crippen MR) is 192 cm³/mol. The van der Waals surface area contributed by atoms with Crippen LogP contribution in [0.5, 0.6) is 11.5 Å². The van der Waals surface area contributed by atoms with Crippen molar-refractivity contribution in [3.8, 4) is 11.5 Å². The molecule has 0 aliphatic rings. The van der Waals surface area contributed by atoms with Crippen molar-refractivity contribution >= 4 is 23.1 Å². The van der Waals surface area contributed by atoms with Crippen LogP contribution >= 0.6 is 7.14 Å². The molecule has 0 atom stereocenters. The van der Waals surface area contributed by atoms with Gasteiger partial charge in [-0.2, -0.15) is 0 Å². The molecule has 0 aliphatic heterocycles. The molecule has 0 spiro atoms. The maximum atomic E-state index is 14.6. The van der Waals surface area contributed by atoms with Crippen LogP contribution < -0.4 is 20.7 Å². The number of benzene rings is 6. The van der Waals surface area contributed by atoms with Crippen LogP contribution in [0, 0.1) is 20.8 Å². The first-order valence-corrected chi connectivity index (χ1v) is 16.6. The van der Waals surface area contributed by atoms with Crippen LogP contribution in [0.15, 0.2) is 170 Å². The zero-order valence-electron chi connectivity index (χ0n) is 26.8. The summed E-state index contributed by atoms with van der Waals surface area (Å²) in [5.74, 6) is 1.38. The Labute approximate surface area is 269 Å². The van der Waals surface area contributed by atoms with E-state index in [0.717, 1.165) is 21.9 Å². The van der Waals surface area contributed by atoms with Crippen LogP contribution in [0.1, 0.15) is 16.7 Å². The molecule has 0 radical (unpaired) electrons. The lowest BCUT2D eigenvalue weighted by atomic mass is 10.2. The van der Waals surface area contributed by atoms with Crippen LogP contribution in [-0.2, 0) is 9.30 Å². The summed E-state index contributed by atoms with van der Waals surface area (Å²) in [5.41, 5.74) is 3.68. The second-order valence-electron chi connectivity index (χ2n) is 10.3. The number of hydrogen-bond acceptors (Lipinski definition) is 3. The number of hydrogen-bond donors (Lipinski definition) is 0. The van der Waals surface area contributed by atoms with Gasteiger partial charge >= 0.3 is 0 Å². The molecule has 0 amide bonds. The summed E-state index contributed by atoms with van der Waals surface area (Å²) in [7, 11) is 0.159. The minimum atomic E-state index is -3.09. The highest BCUT2D eigenvalue weighted by molar-refractivity contribution is 7.85. The van der Waals surface area contributed by atoms with Gasteiger partial charge in [0.2, 0.25) is 0 Å². The van der Waals surface area contributed by atoms with Crippen molar-refractivity contribution < 1.29 is 14.0 Å². The summed E-state index contributed by atoms with van der Waals surface area (Å²) in [6.07, 6.45) is 0. The second kappa shape index (κ2) is 18.9. The fraction of sp³-hybridized carbons (Fsp3) is 0.122. The molecule has 4 heteroatoms. The van der Waals surface area contributed by atoms with E-state index >= 15 is 0 Å². The molecule has 6 aromatic rings. The van der Waals surface area contributed by atoms with E-state index in [-0.39, 0.29) is 0 Å².